The van der Waals surface area contributed by atoms with Crippen LogP contribution < -0.4 is 5.32 Å². The molecule has 0 aliphatic rings. The summed E-state index contributed by atoms with van der Waals surface area (Å²) in [4.78, 5) is 4.38. The first-order chi connectivity index (χ1) is 9.74. The van der Waals surface area contributed by atoms with Gasteiger partial charge in [-0.05, 0) is 26.0 Å². The third-order valence-electron chi connectivity index (χ3n) is 3.17. The van der Waals surface area contributed by atoms with E-state index in [4.69, 9.17) is 0 Å². The maximum absolute atomic E-state index is 4.38. The molecule has 0 fully saturated rings. The van der Waals surface area contributed by atoms with E-state index in [1.807, 2.05) is 44.3 Å². The fraction of sp³-hybridized carbons (Fsp3) is 0.214. The van der Waals surface area contributed by atoms with Crippen molar-refractivity contribution in [3.8, 4) is 11.4 Å². The minimum atomic E-state index is 0.703. The van der Waals surface area contributed by atoms with Crippen LogP contribution in [0.3, 0.4) is 0 Å². The molecule has 0 amide bonds. The van der Waals surface area contributed by atoms with Gasteiger partial charge >= 0.3 is 0 Å². The van der Waals surface area contributed by atoms with Gasteiger partial charge in [0, 0.05) is 29.1 Å². The van der Waals surface area contributed by atoms with E-state index in [0.717, 1.165) is 28.3 Å². The summed E-state index contributed by atoms with van der Waals surface area (Å²) in [6.45, 7) is 4.61. The highest BCUT2D eigenvalue weighted by molar-refractivity contribution is 5.73. The Morgan fingerprint density at radius 2 is 2.00 bits per heavy atom. The molecular weight excluding hydrogens is 252 g/mol. The van der Waals surface area contributed by atoms with Crippen LogP contribution in [0.2, 0.25) is 0 Å². The highest BCUT2D eigenvalue weighted by Crippen LogP contribution is 2.25. The quantitative estimate of drug-likeness (QED) is 0.678. The maximum atomic E-state index is 4.38. The molecule has 3 rings (SSSR count). The van der Waals surface area contributed by atoms with E-state index in [0.29, 0.717) is 12.4 Å². The van der Waals surface area contributed by atoms with Gasteiger partial charge in [0.1, 0.15) is 5.82 Å². The largest absolute Gasteiger partial charge is 0.380 e. The Labute approximate surface area is 116 Å². The van der Waals surface area contributed by atoms with Crippen molar-refractivity contribution in [2.45, 2.75) is 20.4 Å². The van der Waals surface area contributed by atoms with Crippen LogP contribution in [0.4, 0.5) is 5.69 Å². The minimum Gasteiger partial charge on any atom is -0.380 e. The monoisotopic (exact) mass is 268 g/mol. The van der Waals surface area contributed by atoms with Crippen LogP contribution in [0.15, 0.2) is 30.5 Å². The lowest BCUT2D eigenvalue weighted by Crippen LogP contribution is -2.01. The Bertz CT molecular complexity index is 712. The second kappa shape index (κ2) is 5.16. The Hall–Kier alpha value is -2.63. The Morgan fingerprint density at radius 1 is 1.15 bits per heavy atom. The van der Waals surface area contributed by atoms with Crippen molar-refractivity contribution in [3.63, 3.8) is 0 Å². The second-order valence-electron chi connectivity index (χ2n) is 4.66. The molecule has 3 aromatic rings. The van der Waals surface area contributed by atoms with Gasteiger partial charge in [-0.2, -0.15) is 10.2 Å². The molecule has 1 aromatic carbocycles. The molecule has 6 nitrogen and oxygen atoms in total. The topological polar surface area (TPSA) is 82.3 Å². The lowest BCUT2D eigenvalue weighted by molar-refractivity contribution is 1.04. The van der Waals surface area contributed by atoms with E-state index in [2.05, 4.69) is 30.7 Å². The molecule has 3 N–H and O–H groups in total. The average molecular weight is 268 g/mol. The Morgan fingerprint density at radius 3 is 2.70 bits per heavy atom. The molecular formula is C14H16N6. The summed E-state index contributed by atoms with van der Waals surface area (Å²) >= 11 is 0. The van der Waals surface area contributed by atoms with Crippen molar-refractivity contribution in [1.29, 1.82) is 0 Å². The lowest BCUT2D eigenvalue weighted by Gasteiger charge is -2.09. The summed E-state index contributed by atoms with van der Waals surface area (Å²) < 4.78 is 0. The van der Waals surface area contributed by atoms with Gasteiger partial charge in [0.15, 0.2) is 5.82 Å². The second-order valence-corrected chi connectivity index (χ2v) is 4.66. The molecule has 2 aromatic heterocycles. The number of aryl methyl sites for hydroxylation is 2. The number of nitrogens with one attached hydrogen (secondary N) is 3. The van der Waals surface area contributed by atoms with Gasteiger partial charge in [-0.15, -0.1) is 0 Å². The smallest absolute Gasteiger partial charge is 0.183 e. The zero-order chi connectivity index (χ0) is 13.9. The van der Waals surface area contributed by atoms with E-state index in [1.54, 1.807) is 0 Å². The molecule has 0 unspecified atom stereocenters. The average Bonchev–Trinajstić information content (AvgIpc) is 3.06. The number of rotatable bonds is 4. The molecule has 0 aliphatic heterocycles. The summed E-state index contributed by atoms with van der Waals surface area (Å²) in [5.41, 5.74) is 4.21. The fourth-order valence-electron chi connectivity index (χ4n) is 2.04. The van der Waals surface area contributed by atoms with E-state index < -0.39 is 0 Å². The first kappa shape index (κ1) is 12.4. The lowest BCUT2D eigenvalue weighted by atomic mass is 10.1. The summed E-state index contributed by atoms with van der Waals surface area (Å²) in [5, 5.41) is 17.5. The van der Waals surface area contributed by atoms with E-state index in [1.165, 1.54) is 0 Å². The van der Waals surface area contributed by atoms with Crippen LogP contribution in [-0.4, -0.2) is 25.4 Å². The van der Waals surface area contributed by atoms with Gasteiger partial charge in [-0.25, -0.2) is 4.98 Å². The van der Waals surface area contributed by atoms with E-state index in [-0.39, 0.29) is 0 Å². The number of hydrogen-bond acceptors (Lipinski definition) is 4. The van der Waals surface area contributed by atoms with Crippen molar-refractivity contribution >= 4 is 5.69 Å². The molecule has 0 radical (unpaired) electrons. The highest BCUT2D eigenvalue weighted by atomic mass is 15.2. The maximum Gasteiger partial charge on any atom is 0.183 e. The van der Waals surface area contributed by atoms with Gasteiger partial charge in [-0.3, -0.25) is 10.2 Å². The standard InChI is InChI=1S/C14H16N6/c1-9-11(8-16-18-9)7-15-13-6-4-3-5-12(13)14-17-10(2)19-20-14/h3-6,8,15H,7H2,1-2H3,(H,16,18)(H,17,19,20). The number of hydrogen-bond donors (Lipinski definition) is 3. The number of aromatic nitrogens is 5. The molecule has 0 saturated heterocycles. The molecule has 0 saturated carbocycles. The van der Waals surface area contributed by atoms with E-state index >= 15 is 0 Å². The van der Waals surface area contributed by atoms with Gasteiger partial charge in [0.05, 0.1) is 6.20 Å². The van der Waals surface area contributed by atoms with Crippen LogP contribution in [-0.2, 0) is 6.54 Å². The number of para-hydroxylation sites is 1. The number of anilines is 1. The molecule has 0 atom stereocenters. The number of H-pyrrole nitrogens is 2. The molecule has 6 heteroatoms. The summed E-state index contributed by atoms with van der Waals surface area (Å²) in [6, 6.07) is 8.01. The summed E-state index contributed by atoms with van der Waals surface area (Å²) in [5.74, 6) is 1.51. The molecule has 20 heavy (non-hydrogen) atoms. The third kappa shape index (κ3) is 2.40. The van der Waals surface area contributed by atoms with E-state index in [9.17, 15) is 0 Å². The zero-order valence-corrected chi connectivity index (χ0v) is 11.4. The van der Waals surface area contributed by atoms with Crippen molar-refractivity contribution in [2.24, 2.45) is 0 Å². The van der Waals surface area contributed by atoms with Gasteiger partial charge in [0.2, 0.25) is 0 Å². The summed E-state index contributed by atoms with van der Waals surface area (Å²) in [6.07, 6.45) is 1.84. The predicted octanol–water partition coefficient (Wildman–Crippen LogP) is 2.42. The minimum absolute atomic E-state index is 0.703. The van der Waals surface area contributed by atoms with Crippen molar-refractivity contribution in [3.05, 3.63) is 47.5 Å². The highest BCUT2D eigenvalue weighted by Gasteiger charge is 2.09. The van der Waals surface area contributed by atoms with Crippen molar-refractivity contribution in [1.82, 2.24) is 25.4 Å². The van der Waals surface area contributed by atoms with Gasteiger partial charge < -0.3 is 5.32 Å². The first-order valence-corrected chi connectivity index (χ1v) is 6.45. The van der Waals surface area contributed by atoms with Crippen LogP contribution in [0.25, 0.3) is 11.4 Å². The van der Waals surface area contributed by atoms with Crippen LogP contribution in [0.5, 0.6) is 0 Å². The Kier molecular flexibility index (Phi) is 3.20. The fourth-order valence-corrected chi connectivity index (χ4v) is 2.04. The molecule has 2 heterocycles. The molecule has 102 valence electrons. The number of benzene rings is 1. The summed E-state index contributed by atoms with van der Waals surface area (Å²) in [7, 11) is 0. The normalized spacial score (nSPS) is 10.7. The van der Waals surface area contributed by atoms with Crippen LogP contribution in [0.1, 0.15) is 17.1 Å². The number of aromatic amines is 2. The van der Waals surface area contributed by atoms with Crippen molar-refractivity contribution in [2.75, 3.05) is 5.32 Å². The molecule has 0 bridgehead atoms. The first-order valence-electron chi connectivity index (χ1n) is 6.45. The Balaban J connectivity index is 1.85. The van der Waals surface area contributed by atoms with Crippen LogP contribution >= 0.6 is 0 Å². The van der Waals surface area contributed by atoms with Gasteiger partial charge in [-0.1, -0.05) is 12.1 Å². The molecule has 0 aliphatic carbocycles. The number of nitrogens with zero attached hydrogens (tertiary/aromatic N) is 3. The zero-order valence-electron chi connectivity index (χ0n) is 11.4. The third-order valence-corrected chi connectivity index (χ3v) is 3.17. The van der Waals surface area contributed by atoms with Crippen LogP contribution in [0, 0.1) is 13.8 Å². The SMILES string of the molecule is Cc1nc(-c2ccccc2NCc2cn[nH]c2C)n[nH]1. The predicted molar refractivity (Wildman–Crippen MR) is 77.2 cm³/mol. The van der Waals surface area contributed by atoms with Crippen molar-refractivity contribution < 1.29 is 0 Å². The van der Waals surface area contributed by atoms with Gasteiger partial charge in [0.25, 0.3) is 0 Å². The molecule has 0 spiro atoms.